The number of guanidine groups is 1. The van der Waals surface area contributed by atoms with E-state index in [-0.39, 0.29) is 24.0 Å². The van der Waals surface area contributed by atoms with E-state index >= 15 is 0 Å². The summed E-state index contributed by atoms with van der Waals surface area (Å²) in [6.45, 7) is 10.3. The number of nitrogens with zero attached hydrogens (tertiary/aromatic N) is 2. The Bertz CT molecular complexity index is 344. The third-order valence-electron chi connectivity index (χ3n) is 4.31. The first-order valence-electron chi connectivity index (χ1n) is 8.26. The number of nitrogens with one attached hydrogen (secondary N) is 1. The molecule has 0 radical (unpaired) electrons. The molecule has 22 heavy (non-hydrogen) atoms. The Morgan fingerprint density at radius 3 is 2.68 bits per heavy atom. The second-order valence-corrected chi connectivity index (χ2v) is 6.85. The zero-order chi connectivity index (χ0) is 15.1. The van der Waals surface area contributed by atoms with Crippen molar-refractivity contribution in [2.24, 2.45) is 10.4 Å². The Kier molecular flexibility index (Phi) is 9.01. The first kappa shape index (κ1) is 20.0. The topological polar surface area (TPSA) is 46.1 Å². The Morgan fingerprint density at radius 1 is 1.36 bits per heavy atom. The fourth-order valence-electron chi connectivity index (χ4n) is 2.99. The van der Waals surface area contributed by atoms with Crippen LogP contribution in [0.4, 0.5) is 0 Å². The number of aliphatic imine (C=N–C) groups is 1. The van der Waals surface area contributed by atoms with Crippen molar-refractivity contribution in [2.75, 3.05) is 46.5 Å². The van der Waals surface area contributed by atoms with Crippen molar-refractivity contribution >= 4 is 29.9 Å². The van der Waals surface area contributed by atoms with Crippen molar-refractivity contribution < 1.29 is 9.47 Å². The van der Waals surface area contributed by atoms with E-state index in [0.29, 0.717) is 11.5 Å². The number of rotatable bonds is 5. The molecule has 0 amide bonds. The van der Waals surface area contributed by atoms with E-state index in [1.54, 1.807) is 0 Å². The van der Waals surface area contributed by atoms with Crippen LogP contribution in [0.15, 0.2) is 4.99 Å². The number of halogens is 1. The van der Waals surface area contributed by atoms with E-state index in [1.165, 1.54) is 6.42 Å². The number of ether oxygens (including phenoxy) is 2. The van der Waals surface area contributed by atoms with Gasteiger partial charge in [0.2, 0.25) is 0 Å². The third kappa shape index (κ3) is 6.58. The Balaban J connectivity index is 0.00000242. The minimum atomic E-state index is 0. The Morgan fingerprint density at radius 2 is 2.09 bits per heavy atom. The van der Waals surface area contributed by atoms with Crippen molar-refractivity contribution in [1.82, 2.24) is 10.2 Å². The molecule has 0 aliphatic carbocycles. The molecule has 5 nitrogen and oxygen atoms in total. The van der Waals surface area contributed by atoms with Crippen LogP contribution in [-0.2, 0) is 9.47 Å². The summed E-state index contributed by atoms with van der Waals surface area (Å²) >= 11 is 0. The van der Waals surface area contributed by atoms with Gasteiger partial charge in [0, 0.05) is 46.5 Å². The molecule has 0 unspecified atom stereocenters. The minimum absolute atomic E-state index is 0. The summed E-state index contributed by atoms with van der Waals surface area (Å²) in [6.07, 6.45) is 4.74. The standard InChI is InChI=1S/C16H31N3O2.HI/c1-16(2)7-9-19(13-16)15(17-3)18-8-4-10-21-14-5-11-20-12-6-14;/h14H,4-13H2,1-3H3,(H,17,18);1H. The molecule has 2 heterocycles. The molecule has 0 aromatic rings. The maximum atomic E-state index is 5.88. The lowest BCUT2D eigenvalue weighted by molar-refractivity contribution is -0.0320. The third-order valence-corrected chi connectivity index (χ3v) is 4.31. The molecule has 2 aliphatic rings. The summed E-state index contributed by atoms with van der Waals surface area (Å²) in [5.41, 5.74) is 0.407. The molecule has 2 aliphatic heterocycles. The highest BCUT2D eigenvalue weighted by Crippen LogP contribution is 2.28. The van der Waals surface area contributed by atoms with Crippen molar-refractivity contribution in [2.45, 2.75) is 45.6 Å². The van der Waals surface area contributed by atoms with Gasteiger partial charge in [-0.15, -0.1) is 24.0 Å². The summed E-state index contributed by atoms with van der Waals surface area (Å²) in [4.78, 5) is 6.76. The predicted molar refractivity (Wildman–Crippen MR) is 101 cm³/mol. The fraction of sp³-hybridized carbons (Fsp3) is 0.938. The molecular formula is C16H32IN3O2. The van der Waals surface area contributed by atoms with Gasteiger partial charge in [-0.25, -0.2) is 0 Å². The van der Waals surface area contributed by atoms with Gasteiger partial charge in [-0.05, 0) is 31.1 Å². The molecule has 2 saturated heterocycles. The second kappa shape index (κ2) is 9.93. The number of hydrogen-bond acceptors (Lipinski definition) is 3. The predicted octanol–water partition coefficient (Wildman–Crippen LogP) is 2.50. The monoisotopic (exact) mass is 425 g/mol. The molecule has 130 valence electrons. The van der Waals surface area contributed by atoms with Crippen molar-refractivity contribution in [1.29, 1.82) is 0 Å². The van der Waals surface area contributed by atoms with E-state index in [0.717, 1.165) is 64.7 Å². The van der Waals surface area contributed by atoms with Crippen LogP contribution in [0, 0.1) is 5.41 Å². The zero-order valence-electron chi connectivity index (χ0n) is 14.3. The minimum Gasteiger partial charge on any atom is -0.381 e. The molecule has 0 bridgehead atoms. The van der Waals surface area contributed by atoms with Crippen LogP contribution in [0.2, 0.25) is 0 Å². The molecule has 2 fully saturated rings. The molecule has 0 atom stereocenters. The summed E-state index contributed by atoms with van der Waals surface area (Å²) in [7, 11) is 1.87. The average Bonchev–Trinajstić information content (AvgIpc) is 2.84. The SMILES string of the molecule is CN=C(NCCCOC1CCOCC1)N1CCC(C)(C)C1.I. The first-order chi connectivity index (χ1) is 10.1. The molecule has 0 spiro atoms. The lowest BCUT2D eigenvalue weighted by Gasteiger charge is -2.24. The molecular weight excluding hydrogens is 393 g/mol. The van der Waals surface area contributed by atoms with Crippen LogP contribution in [-0.4, -0.2) is 63.5 Å². The van der Waals surface area contributed by atoms with Crippen LogP contribution in [0.3, 0.4) is 0 Å². The highest BCUT2D eigenvalue weighted by Gasteiger charge is 2.30. The summed E-state index contributed by atoms with van der Waals surface area (Å²) in [5.74, 6) is 1.03. The number of likely N-dealkylation sites (tertiary alicyclic amines) is 1. The molecule has 0 aromatic carbocycles. The van der Waals surface area contributed by atoms with Gasteiger partial charge in [-0.3, -0.25) is 4.99 Å². The highest BCUT2D eigenvalue weighted by atomic mass is 127. The van der Waals surface area contributed by atoms with Gasteiger partial charge in [0.25, 0.3) is 0 Å². The lowest BCUT2D eigenvalue weighted by atomic mass is 9.93. The molecule has 1 N–H and O–H groups in total. The summed E-state index contributed by atoms with van der Waals surface area (Å²) in [6, 6.07) is 0. The van der Waals surface area contributed by atoms with E-state index in [2.05, 4.69) is 29.1 Å². The van der Waals surface area contributed by atoms with E-state index < -0.39 is 0 Å². The van der Waals surface area contributed by atoms with Gasteiger partial charge in [0.15, 0.2) is 5.96 Å². The quantitative estimate of drug-likeness (QED) is 0.318. The van der Waals surface area contributed by atoms with Crippen molar-refractivity contribution in [3.05, 3.63) is 0 Å². The molecule has 0 saturated carbocycles. The van der Waals surface area contributed by atoms with Gasteiger partial charge < -0.3 is 19.7 Å². The van der Waals surface area contributed by atoms with E-state index in [4.69, 9.17) is 9.47 Å². The van der Waals surface area contributed by atoms with Crippen LogP contribution in [0.1, 0.15) is 39.5 Å². The highest BCUT2D eigenvalue weighted by molar-refractivity contribution is 14.0. The maximum absolute atomic E-state index is 5.88. The van der Waals surface area contributed by atoms with Gasteiger partial charge in [0.1, 0.15) is 0 Å². The van der Waals surface area contributed by atoms with Gasteiger partial charge >= 0.3 is 0 Å². The van der Waals surface area contributed by atoms with Crippen LogP contribution in [0.5, 0.6) is 0 Å². The van der Waals surface area contributed by atoms with Gasteiger partial charge in [0.05, 0.1) is 6.10 Å². The largest absolute Gasteiger partial charge is 0.381 e. The smallest absolute Gasteiger partial charge is 0.193 e. The van der Waals surface area contributed by atoms with Crippen molar-refractivity contribution in [3.8, 4) is 0 Å². The molecule has 6 heteroatoms. The summed E-state index contributed by atoms with van der Waals surface area (Å²) < 4.78 is 11.2. The fourth-order valence-corrected chi connectivity index (χ4v) is 2.99. The Hall–Kier alpha value is -0.0800. The zero-order valence-corrected chi connectivity index (χ0v) is 16.6. The molecule has 0 aromatic heterocycles. The van der Waals surface area contributed by atoms with Gasteiger partial charge in [-0.2, -0.15) is 0 Å². The second-order valence-electron chi connectivity index (χ2n) is 6.85. The van der Waals surface area contributed by atoms with E-state index in [1.807, 2.05) is 7.05 Å². The van der Waals surface area contributed by atoms with Gasteiger partial charge in [-0.1, -0.05) is 13.8 Å². The normalized spacial score (nSPS) is 22.5. The van der Waals surface area contributed by atoms with Crippen molar-refractivity contribution in [3.63, 3.8) is 0 Å². The Labute approximate surface area is 152 Å². The first-order valence-corrected chi connectivity index (χ1v) is 8.26. The summed E-state index contributed by atoms with van der Waals surface area (Å²) in [5, 5.41) is 3.46. The van der Waals surface area contributed by atoms with E-state index in [9.17, 15) is 0 Å². The van der Waals surface area contributed by atoms with Crippen LogP contribution < -0.4 is 5.32 Å². The van der Waals surface area contributed by atoms with Crippen LogP contribution >= 0.6 is 24.0 Å². The lowest BCUT2D eigenvalue weighted by Crippen LogP contribution is -2.41. The number of hydrogen-bond donors (Lipinski definition) is 1. The van der Waals surface area contributed by atoms with Crippen LogP contribution in [0.25, 0.3) is 0 Å². The molecule has 2 rings (SSSR count). The average molecular weight is 425 g/mol. The maximum Gasteiger partial charge on any atom is 0.193 e.